The highest BCUT2D eigenvalue weighted by Gasteiger charge is 2.33. The number of carbonyl (C=O) groups excluding carboxylic acids is 1. The number of hydrogen-bond donors (Lipinski definition) is 0. The van der Waals surface area contributed by atoms with Gasteiger partial charge in [-0.25, -0.2) is 0 Å². The largest absolute Gasteiger partial charge is 0.489 e. The van der Waals surface area contributed by atoms with Crippen molar-refractivity contribution in [2.45, 2.75) is 6.61 Å². The Bertz CT molecular complexity index is 1430. The Balaban J connectivity index is 1.25. The summed E-state index contributed by atoms with van der Waals surface area (Å²) in [6.45, 7) is 0.495. The van der Waals surface area contributed by atoms with Crippen molar-refractivity contribution in [1.29, 1.82) is 0 Å². The van der Waals surface area contributed by atoms with E-state index in [1.165, 1.54) is 22.5 Å². The zero-order valence-electron chi connectivity index (χ0n) is 19.5. The molecule has 0 aromatic heterocycles. The predicted octanol–water partition coefficient (Wildman–Crippen LogP) is 6.89. The van der Waals surface area contributed by atoms with Gasteiger partial charge in [0.2, 0.25) is 0 Å². The highest BCUT2D eigenvalue weighted by molar-refractivity contribution is 8.27. The number of fused-ring (bicyclic) bond motifs is 1. The number of ether oxygens (including phenoxy) is 1. The first-order valence-corrected chi connectivity index (χ1v) is 12.5. The molecule has 1 aliphatic rings. The molecule has 1 fully saturated rings. The molecule has 4 nitrogen and oxygen atoms in total. The number of thiocarbonyl (C=S) groups is 1. The molecule has 0 atom stereocenters. The van der Waals surface area contributed by atoms with E-state index in [1.54, 1.807) is 4.90 Å². The first-order chi connectivity index (χ1) is 17.0. The summed E-state index contributed by atoms with van der Waals surface area (Å²) in [5, 5.41) is 2.42. The van der Waals surface area contributed by atoms with Crippen LogP contribution in [-0.2, 0) is 11.4 Å². The molecule has 0 radical (unpaired) electrons. The number of anilines is 2. The summed E-state index contributed by atoms with van der Waals surface area (Å²) in [6.07, 6.45) is 1.88. The third-order valence-electron chi connectivity index (χ3n) is 5.82. The van der Waals surface area contributed by atoms with Crippen LogP contribution in [0.3, 0.4) is 0 Å². The average molecular weight is 497 g/mol. The van der Waals surface area contributed by atoms with Crippen molar-refractivity contribution in [3.8, 4) is 5.75 Å². The topological polar surface area (TPSA) is 32.8 Å². The van der Waals surface area contributed by atoms with Crippen LogP contribution in [0.25, 0.3) is 16.8 Å². The number of thioether (sulfide) groups is 1. The smallest absolute Gasteiger partial charge is 0.270 e. The standard InChI is InChI=1S/C29H24N2O2S2/c1-30(2)24-11-13-25(14-12-24)31-28(32)27(35-29(31)34)18-20-8-15-26(16-9-20)33-19-21-7-10-22-5-3-4-6-23(22)17-21/h3-18H,19H2,1-2H3/b27-18-. The van der Waals surface area contributed by atoms with E-state index in [9.17, 15) is 4.79 Å². The quantitative estimate of drug-likeness (QED) is 0.214. The molecule has 0 saturated carbocycles. The van der Waals surface area contributed by atoms with Crippen LogP contribution in [0.1, 0.15) is 11.1 Å². The van der Waals surface area contributed by atoms with Gasteiger partial charge < -0.3 is 9.64 Å². The third-order valence-corrected chi connectivity index (χ3v) is 7.12. The van der Waals surface area contributed by atoms with Gasteiger partial charge in [0, 0.05) is 19.8 Å². The van der Waals surface area contributed by atoms with Crippen molar-refractivity contribution in [3.63, 3.8) is 0 Å². The summed E-state index contributed by atoms with van der Waals surface area (Å²) in [5.41, 5.74) is 3.89. The van der Waals surface area contributed by atoms with Gasteiger partial charge in [0.15, 0.2) is 4.32 Å². The van der Waals surface area contributed by atoms with Gasteiger partial charge in [0.25, 0.3) is 5.91 Å². The molecule has 0 bridgehead atoms. The van der Waals surface area contributed by atoms with E-state index in [2.05, 4.69) is 30.3 Å². The van der Waals surface area contributed by atoms with Crippen molar-refractivity contribution >= 4 is 62.4 Å². The van der Waals surface area contributed by atoms with Gasteiger partial charge in [-0.3, -0.25) is 9.69 Å². The molecule has 6 heteroatoms. The van der Waals surface area contributed by atoms with Gasteiger partial charge in [-0.15, -0.1) is 0 Å². The molecule has 0 N–H and O–H groups in total. The van der Waals surface area contributed by atoms with Gasteiger partial charge >= 0.3 is 0 Å². The Hall–Kier alpha value is -3.61. The number of nitrogens with zero attached hydrogens (tertiary/aromatic N) is 2. The SMILES string of the molecule is CN(C)c1ccc(N2C(=O)/C(=C/c3ccc(OCc4ccc5ccccc5c4)cc3)SC2=S)cc1. The first kappa shape index (κ1) is 23.1. The summed E-state index contributed by atoms with van der Waals surface area (Å²) in [7, 11) is 3.97. The van der Waals surface area contributed by atoms with E-state index >= 15 is 0 Å². The van der Waals surface area contributed by atoms with Gasteiger partial charge in [-0.05, 0) is 70.4 Å². The minimum Gasteiger partial charge on any atom is -0.489 e. The molecule has 1 saturated heterocycles. The maximum absolute atomic E-state index is 13.1. The zero-order chi connectivity index (χ0) is 24.4. The van der Waals surface area contributed by atoms with Crippen LogP contribution in [0.15, 0.2) is 95.9 Å². The molecule has 35 heavy (non-hydrogen) atoms. The van der Waals surface area contributed by atoms with Crippen LogP contribution in [0, 0.1) is 0 Å². The second-order valence-electron chi connectivity index (χ2n) is 8.47. The highest BCUT2D eigenvalue weighted by Crippen LogP contribution is 2.36. The molecule has 1 amide bonds. The Kier molecular flexibility index (Phi) is 6.57. The van der Waals surface area contributed by atoms with E-state index in [0.717, 1.165) is 28.3 Å². The van der Waals surface area contributed by atoms with Gasteiger partial charge in [-0.2, -0.15) is 0 Å². The average Bonchev–Trinajstić information content (AvgIpc) is 3.15. The van der Waals surface area contributed by atoms with Crippen molar-refractivity contribution in [3.05, 3.63) is 107 Å². The van der Waals surface area contributed by atoms with Crippen LogP contribution in [0.2, 0.25) is 0 Å². The van der Waals surface area contributed by atoms with Crippen molar-refractivity contribution in [2.75, 3.05) is 23.9 Å². The normalized spacial score (nSPS) is 14.7. The molecular weight excluding hydrogens is 472 g/mol. The van der Waals surface area contributed by atoms with Crippen LogP contribution < -0.4 is 14.5 Å². The lowest BCUT2D eigenvalue weighted by atomic mass is 10.1. The minimum absolute atomic E-state index is 0.103. The molecule has 1 aliphatic heterocycles. The Morgan fingerprint density at radius 3 is 2.34 bits per heavy atom. The number of benzene rings is 4. The van der Waals surface area contributed by atoms with Crippen LogP contribution >= 0.6 is 24.0 Å². The van der Waals surface area contributed by atoms with Crippen LogP contribution in [0.5, 0.6) is 5.75 Å². The van der Waals surface area contributed by atoms with E-state index in [-0.39, 0.29) is 5.91 Å². The molecular formula is C29H24N2O2S2. The number of amides is 1. The maximum Gasteiger partial charge on any atom is 0.270 e. The first-order valence-electron chi connectivity index (χ1n) is 11.2. The molecule has 174 valence electrons. The third kappa shape index (κ3) is 5.09. The van der Waals surface area contributed by atoms with Gasteiger partial charge in [0.1, 0.15) is 12.4 Å². The van der Waals surface area contributed by atoms with E-state index < -0.39 is 0 Å². The number of rotatable bonds is 6. The number of carbonyl (C=O) groups is 1. The fourth-order valence-corrected chi connectivity index (χ4v) is 5.20. The highest BCUT2D eigenvalue weighted by atomic mass is 32.2. The Labute approximate surface area is 214 Å². The lowest BCUT2D eigenvalue weighted by molar-refractivity contribution is -0.113. The molecule has 1 heterocycles. The molecule has 0 aliphatic carbocycles. The molecule has 4 aromatic carbocycles. The summed E-state index contributed by atoms with van der Waals surface area (Å²) in [4.78, 5) is 17.3. The van der Waals surface area contributed by atoms with E-state index in [1.807, 2.05) is 85.7 Å². The van der Waals surface area contributed by atoms with Gasteiger partial charge in [-0.1, -0.05) is 72.5 Å². The van der Waals surface area contributed by atoms with Crippen LogP contribution in [-0.4, -0.2) is 24.3 Å². The fourth-order valence-electron chi connectivity index (χ4n) is 3.90. The summed E-state index contributed by atoms with van der Waals surface area (Å²) in [6, 6.07) is 30.2. The zero-order valence-corrected chi connectivity index (χ0v) is 21.1. The molecule has 4 aromatic rings. The minimum atomic E-state index is -0.103. The lowest BCUT2D eigenvalue weighted by Gasteiger charge is -2.17. The van der Waals surface area contributed by atoms with Gasteiger partial charge in [0.05, 0.1) is 10.6 Å². The second kappa shape index (κ2) is 9.94. The molecule has 0 unspecified atom stereocenters. The summed E-state index contributed by atoms with van der Waals surface area (Å²) >= 11 is 6.83. The van der Waals surface area contributed by atoms with Crippen molar-refractivity contribution < 1.29 is 9.53 Å². The fraction of sp³-hybridized carbons (Fsp3) is 0.103. The summed E-state index contributed by atoms with van der Waals surface area (Å²) < 4.78 is 6.52. The lowest BCUT2D eigenvalue weighted by Crippen LogP contribution is -2.27. The van der Waals surface area contributed by atoms with E-state index in [0.29, 0.717) is 15.8 Å². The van der Waals surface area contributed by atoms with E-state index in [4.69, 9.17) is 17.0 Å². The summed E-state index contributed by atoms with van der Waals surface area (Å²) in [5.74, 6) is 0.679. The van der Waals surface area contributed by atoms with Crippen molar-refractivity contribution in [2.24, 2.45) is 0 Å². The Morgan fingerprint density at radius 1 is 0.914 bits per heavy atom. The predicted molar refractivity (Wildman–Crippen MR) is 151 cm³/mol. The molecule has 5 rings (SSSR count). The van der Waals surface area contributed by atoms with Crippen molar-refractivity contribution in [1.82, 2.24) is 0 Å². The maximum atomic E-state index is 13.1. The monoisotopic (exact) mass is 496 g/mol. The molecule has 0 spiro atoms. The second-order valence-corrected chi connectivity index (χ2v) is 10.1. The Morgan fingerprint density at radius 2 is 1.63 bits per heavy atom. The number of hydrogen-bond acceptors (Lipinski definition) is 5. The van der Waals surface area contributed by atoms with Crippen LogP contribution in [0.4, 0.5) is 11.4 Å².